The molecule has 1 aliphatic carbocycles. The van der Waals surface area contributed by atoms with Gasteiger partial charge in [-0.2, -0.15) is 0 Å². The van der Waals surface area contributed by atoms with Gasteiger partial charge in [-0.3, -0.25) is 4.79 Å². The third-order valence-electron chi connectivity index (χ3n) is 3.44. The molecule has 3 rings (SSSR count). The molecule has 2 fully saturated rings. The van der Waals surface area contributed by atoms with E-state index in [9.17, 15) is 4.79 Å². The van der Waals surface area contributed by atoms with Gasteiger partial charge in [-0.05, 0) is 12.8 Å². The maximum Gasteiger partial charge on any atom is 0.225 e. The monoisotopic (exact) mass is 206 g/mol. The highest BCUT2D eigenvalue weighted by Gasteiger charge is 2.37. The first-order valence-corrected chi connectivity index (χ1v) is 5.49. The van der Waals surface area contributed by atoms with Gasteiger partial charge >= 0.3 is 0 Å². The summed E-state index contributed by atoms with van der Waals surface area (Å²) in [5.41, 5.74) is 0. The van der Waals surface area contributed by atoms with E-state index in [2.05, 4.69) is 10.3 Å². The Balaban J connectivity index is 1.55. The SMILES string of the molecule is O=C(C1CCC1)N1CC(n2ccnn2)C1. The van der Waals surface area contributed by atoms with Crippen molar-refractivity contribution in [2.75, 3.05) is 13.1 Å². The number of likely N-dealkylation sites (tertiary alicyclic amines) is 1. The number of hydrogen-bond acceptors (Lipinski definition) is 3. The lowest BCUT2D eigenvalue weighted by Crippen LogP contribution is -2.53. The number of hydrogen-bond donors (Lipinski definition) is 0. The first-order valence-electron chi connectivity index (χ1n) is 5.49. The summed E-state index contributed by atoms with van der Waals surface area (Å²) >= 11 is 0. The van der Waals surface area contributed by atoms with Gasteiger partial charge < -0.3 is 4.90 Å². The van der Waals surface area contributed by atoms with Gasteiger partial charge in [-0.15, -0.1) is 5.10 Å². The molecule has 80 valence electrons. The van der Waals surface area contributed by atoms with E-state index in [0.29, 0.717) is 17.9 Å². The second-order valence-electron chi connectivity index (χ2n) is 4.41. The molecule has 5 nitrogen and oxygen atoms in total. The lowest BCUT2D eigenvalue weighted by atomic mass is 9.83. The van der Waals surface area contributed by atoms with Crippen LogP contribution in [0.1, 0.15) is 25.3 Å². The minimum absolute atomic E-state index is 0.321. The van der Waals surface area contributed by atoms with Crippen molar-refractivity contribution in [1.82, 2.24) is 19.9 Å². The zero-order valence-electron chi connectivity index (χ0n) is 8.54. The lowest BCUT2D eigenvalue weighted by Gasteiger charge is -2.42. The van der Waals surface area contributed by atoms with Crippen LogP contribution in [0.4, 0.5) is 0 Å². The molecule has 0 radical (unpaired) electrons. The average Bonchev–Trinajstić information content (AvgIpc) is 2.50. The summed E-state index contributed by atoms with van der Waals surface area (Å²) < 4.78 is 1.84. The first kappa shape index (κ1) is 8.88. The Labute approximate surface area is 88.1 Å². The maximum atomic E-state index is 11.8. The molecule has 0 spiro atoms. The van der Waals surface area contributed by atoms with Crippen LogP contribution >= 0.6 is 0 Å². The van der Waals surface area contributed by atoms with Gasteiger partial charge in [0.05, 0.1) is 12.2 Å². The van der Waals surface area contributed by atoms with Crippen LogP contribution in [-0.2, 0) is 4.79 Å². The van der Waals surface area contributed by atoms with Gasteiger partial charge in [0.1, 0.15) is 0 Å². The van der Waals surface area contributed by atoms with Crippen LogP contribution in [0.5, 0.6) is 0 Å². The Bertz CT molecular complexity index is 352. The number of carbonyl (C=O) groups excluding carboxylic acids is 1. The molecule has 1 amide bonds. The van der Waals surface area contributed by atoms with Crippen molar-refractivity contribution in [2.24, 2.45) is 5.92 Å². The fourth-order valence-corrected chi connectivity index (χ4v) is 2.13. The fraction of sp³-hybridized carbons (Fsp3) is 0.700. The van der Waals surface area contributed by atoms with E-state index in [1.165, 1.54) is 6.42 Å². The Morgan fingerprint density at radius 3 is 2.67 bits per heavy atom. The fourth-order valence-electron chi connectivity index (χ4n) is 2.13. The number of aromatic nitrogens is 3. The van der Waals surface area contributed by atoms with Crippen LogP contribution in [0.3, 0.4) is 0 Å². The highest BCUT2D eigenvalue weighted by Crippen LogP contribution is 2.31. The van der Waals surface area contributed by atoms with Crippen molar-refractivity contribution in [3.8, 4) is 0 Å². The smallest absolute Gasteiger partial charge is 0.225 e. The topological polar surface area (TPSA) is 51.0 Å². The number of amides is 1. The van der Waals surface area contributed by atoms with Crippen LogP contribution in [0.2, 0.25) is 0 Å². The average molecular weight is 206 g/mol. The van der Waals surface area contributed by atoms with Gasteiger partial charge in [0.2, 0.25) is 5.91 Å². The minimum atomic E-state index is 0.321. The second kappa shape index (κ2) is 3.32. The van der Waals surface area contributed by atoms with E-state index in [1.807, 2.05) is 15.8 Å². The second-order valence-corrected chi connectivity index (χ2v) is 4.41. The molecule has 15 heavy (non-hydrogen) atoms. The summed E-state index contributed by atoms with van der Waals surface area (Å²) in [5, 5.41) is 7.71. The van der Waals surface area contributed by atoms with Crippen LogP contribution in [-0.4, -0.2) is 38.9 Å². The lowest BCUT2D eigenvalue weighted by molar-refractivity contribution is -0.144. The van der Waals surface area contributed by atoms with E-state index in [1.54, 1.807) is 6.20 Å². The molecule has 0 atom stereocenters. The highest BCUT2D eigenvalue weighted by molar-refractivity contribution is 5.80. The van der Waals surface area contributed by atoms with E-state index in [-0.39, 0.29) is 0 Å². The standard InChI is InChI=1S/C10H14N4O/c15-10(8-2-1-3-8)13-6-9(7-13)14-5-4-11-12-14/h4-5,8-9H,1-3,6-7H2. The van der Waals surface area contributed by atoms with Gasteiger partial charge in [0, 0.05) is 25.2 Å². The minimum Gasteiger partial charge on any atom is -0.338 e. The van der Waals surface area contributed by atoms with Gasteiger partial charge in [-0.25, -0.2) is 4.68 Å². The molecule has 1 aromatic rings. The number of nitrogens with zero attached hydrogens (tertiary/aromatic N) is 4. The van der Waals surface area contributed by atoms with Crippen LogP contribution < -0.4 is 0 Å². The van der Waals surface area contributed by atoms with Crippen molar-refractivity contribution < 1.29 is 4.79 Å². The van der Waals surface area contributed by atoms with E-state index >= 15 is 0 Å². The Hall–Kier alpha value is -1.39. The quantitative estimate of drug-likeness (QED) is 0.706. The summed E-state index contributed by atoms with van der Waals surface area (Å²) in [4.78, 5) is 13.7. The summed E-state index contributed by atoms with van der Waals surface area (Å²) in [6.07, 6.45) is 6.93. The van der Waals surface area contributed by atoms with Gasteiger partial charge in [0.15, 0.2) is 0 Å². The molecule has 2 heterocycles. The summed E-state index contributed by atoms with van der Waals surface area (Å²) in [7, 11) is 0. The third kappa shape index (κ3) is 1.42. The Kier molecular flexibility index (Phi) is 1.97. The van der Waals surface area contributed by atoms with Crippen molar-refractivity contribution in [2.45, 2.75) is 25.3 Å². The van der Waals surface area contributed by atoms with E-state index in [0.717, 1.165) is 25.9 Å². The number of carbonyl (C=O) groups is 1. The molecule has 1 saturated carbocycles. The predicted octanol–water partition coefficient (Wildman–Crippen LogP) is 0.462. The zero-order chi connectivity index (χ0) is 10.3. The molecule has 0 unspecified atom stereocenters. The summed E-state index contributed by atoms with van der Waals surface area (Å²) in [6.45, 7) is 1.61. The Morgan fingerprint density at radius 1 is 1.33 bits per heavy atom. The van der Waals surface area contributed by atoms with Crippen molar-refractivity contribution in [3.63, 3.8) is 0 Å². The summed E-state index contributed by atoms with van der Waals surface area (Å²) in [6, 6.07) is 0.344. The maximum absolute atomic E-state index is 11.8. The number of rotatable bonds is 2. The molecule has 2 aliphatic rings. The Morgan fingerprint density at radius 2 is 2.13 bits per heavy atom. The zero-order valence-corrected chi connectivity index (χ0v) is 8.54. The molecule has 1 aromatic heterocycles. The highest BCUT2D eigenvalue weighted by atomic mass is 16.2. The van der Waals surface area contributed by atoms with Crippen molar-refractivity contribution in [3.05, 3.63) is 12.4 Å². The largest absolute Gasteiger partial charge is 0.338 e. The molecule has 1 saturated heterocycles. The van der Waals surface area contributed by atoms with Gasteiger partial charge in [0.25, 0.3) is 0 Å². The third-order valence-corrected chi connectivity index (χ3v) is 3.44. The molecular formula is C10H14N4O. The van der Waals surface area contributed by atoms with Crippen molar-refractivity contribution in [1.29, 1.82) is 0 Å². The molecule has 5 heteroatoms. The van der Waals surface area contributed by atoms with E-state index in [4.69, 9.17) is 0 Å². The van der Waals surface area contributed by atoms with Crippen LogP contribution in [0.25, 0.3) is 0 Å². The van der Waals surface area contributed by atoms with Crippen LogP contribution in [0.15, 0.2) is 12.4 Å². The van der Waals surface area contributed by atoms with E-state index < -0.39 is 0 Å². The summed E-state index contributed by atoms with van der Waals surface area (Å²) in [5.74, 6) is 0.666. The normalized spacial score (nSPS) is 22.3. The van der Waals surface area contributed by atoms with Gasteiger partial charge in [-0.1, -0.05) is 11.6 Å². The molecular weight excluding hydrogens is 192 g/mol. The van der Waals surface area contributed by atoms with Crippen molar-refractivity contribution >= 4 is 5.91 Å². The predicted molar refractivity (Wildman–Crippen MR) is 53.0 cm³/mol. The molecule has 1 aliphatic heterocycles. The first-order chi connectivity index (χ1) is 7.34. The molecule has 0 bridgehead atoms. The van der Waals surface area contributed by atoms with Crippen LogP contribution in [0, 0.1) is 5.92 Å². The molecule has 0 N–H and O–H groups in total. The molecule has 0 aromatic carbocycles.